The molecule has 1 heterocycles. The van der Waals surface area contributed by atoms with E-state index < -0.39 is 5.91 Å². The summed E-state index contributed by atoms with van der Waals surface area (Å²) in [5.41, 5.74) is 12.7. The number of rotatable bonds is 2. The summed E-state index contributed by atoms with van der Waals surface area (Å²) in [5.74, 6) is -0.147. The molecule has 0 radical (unpaired) electrons. The first-order valence-electron chi connectivity index (χ1n) is 5.90. The Morgan fingerprint density at radius 2 is 2.16 bits per heavy atom. The molecule has 19 heavy (non-hydrogen) atoms. The number of thiocarbonyl (C=S) groups is 1. The van der Waals surface area contributed by atoms with Crippen molar-refractivity contribution in [3.63, 3.8) is 0 Å². The van der Waals surface area contributed by atoms with Crippen LogP contribution in [0.25, 0.3) is 11.0 Å². The van der Waals surface area contributed by atoms with Crippen molar-refractivity contribution >= 4 is 34.2 Å². The molecule has 0 saturated carbocycles. The second-order valence-corrected chi connectivity index (χ2v) is 4.62. The molecule has 2 aromatic rings. The fourth-order valence-electron chi connectivity index (χ4n) is 1.88. The van der Waals surface area contributed by atoms with Gasteiger partial charge in [0.15, 0.2) is 10.9 Å². The van der Waals surface area contributed by atoms with Gasteiger partial charge in [0.2, 0.25) is 0 Å². The molecule has 0 fully saturated rings. The molecule has 0 bridgehead atoms. The van der Waals surface area contributed by atoms with Gasteiger partial charge in [0.25, 0.3) is 0 Å². The minimum atomic E-state index is -0.403. The fraction of sp³-hybridized carbons (Fsp3) is 0.231. The molecule has 1 aromatic heterocycles. The maximum atomic E-state index is 11.9. The molecule has 2 rings (SSSR count). The summed E-state index contributed by atoms with van der Waals surface area (Å²) >= 11 is 4.62. The van der Waals surface area contributed by atoms with E-state index in [1.54, 1.807) is 0 Å². The lowest BCUT2D eigenvalue weighted by molar-refractivity contribution is 0.0917. The Morgan fingerprint density at radius 1 is 1.42 bits per heavy atom. The molecular weight excluding hydrogens is 262 g/mol. The lowest BCUT2D eigenvalue weighted by atomic mass is 10.1. The Kier molecular flexibility index (Phi) is 3.71. The number of benzene rings is 1. The zero-order valence-corrected chi connectivity index (χ0v) is 11.6. The van der Waals surface area contributed by atoms with Crippen molar-refractivity contribution in [2.24, 2.45) is 5.73 Å². The van der Waals surface area contributed by atoms with Gasteiger partial charge in [-0.1, -0.05) is 13.0 Å². The van der Waals surface area contributed by atoms with Crippen molar-refractivity contribution in [3.8, 4) is 0 Å². The third-order valence-corrected chi connectivity index (χ3v) is 3.02. The predicted octanol–water partition coefficient (Wildman–Crippen LogP) is 1.78. The van der Waals surface area contributed by atoms with Crippen LogP contribution in [0.5, 0.6) is 0 Å². The van der Waals surface area contributed by atoms with Crippen LogP contribution in [0, 0.1) is 6.92 Å². The van der Waals surface area contributed by atoms with Gasteiger partial charge in [0.05, 0.1) is 0 Å². The topological polar surface area (TPSA) is 80.3 Å². The molecule has 0 aliphatic rings. The summed E-state index contributed by atoms with van der Waals surface area (Å²) in [7, 11) is 0. The number of nitrogens with two attached hydrogens (primary N) is 1. The highest BCUT2D eigenvalue weighted by Gasteiger charge is 2.17. The maximum absolute atomic E-state index is 11.9. The van der Waals surface area contributed by atoms with Crippen LogP contribution >= 0.6 is 12.2 Å². The van der Waals surface area contributed by atoms with Gasteiger partial charge in [-0.2, -0.15) is 0 Å². The number of carbonyl (C=O) groups is 1. The standard InChI is InChI=1S/C13H15N3O2S/c1-3-8-4-5-10-9(6-8)7(2)11(18-10)12(17)15-16-13(14)19/h4-6H,3H2,1-2H3,(H,15,17)(H3,14,16,19). The average molecular weight is 277 g/mol. The van der Waals surface area contributed by atoms with Crippen molar-refractivity contribution in [2.45, 2.75) is 20.3 Å². The van der Waals surface area contributed by atoms with Crippen LogP contribution in [0.2, 0.25) is 0 Å². The number of hydrogen-bond acceptors (Lipinski definition) is 3. The van der Waals surface area contributed by atoms with Crippen molar-refractivity contribution in [3.05, 3.63) is 35.1 Å². The predicted molar refractivity (Wildman–Crippen MR) is 77.7 cm³/mol. The number of furan rings is 1. The normalized spacial score (nSPS) is 10.4. The molecule has 0 aliphatic carbocycles. The van der Waals surface area contributed by atoms with Gasteiger partial charge in [-0.15, -0.1) is 0 Å². The Balaban J connectivity index is 2.36. The van der Waals surface area contributed by atoms with Crippen LogP contribution in [0.15, 0.2) is 22.6 Å². The minimum absolute atomic E-state index is 0.00427. The molecule has 0 saturated heterocycles. The molecule has 0 unspecified atom stereocenters. The highest BCUT2D eigenvalue weighted by Crippen LogP contribution is 2.26. The molecule has 4 N–H and O–H groups in total. The highest BCUT2D eigenvalue weighted by molar-refractivity contribution is 7.80. The third-order valence-electron chi connectivity index (χ3n) is 2.91. The molecule has 0 aliphatic heterocycles. The summed E-state index contributed by atoms with van der Waals surface area (Å²) in [6, 6.07) is 5.89. The van der Waals surface area contributed by atoms with E-state index in [1.165, 1.54) is 5.56 Å². The van der Waals surface area contributed by atoms with E-state index in [0.717, 1.165) is 17.4 Å². The van der Waals surface area contributed by atoms with Gasteiger partial charge in [-0.3, -0.25) is 15.6 Å². The van der Waals surface area contributed by atoms with E-state index in [-0.39, 0.29) is 10.9 Å². The molecule has 1 amide bonds. The highest BCUT2D eigenvalue weighted by atomic mass is 32.1. The lowest BCUT2D eigenvalue weighted by Crippen LogP contribution is -2.44. The number of fused-ring (bicyclic) bond motifs is 1. The van der Waals surface area contributed by atoms with E-state index >= 15 is 0 Å². The summed E-state index contributed by atoms with van der Waals surface area (Å²) in [4.78, 5) is 11.9. The van der Waals surface area contributed by atoms with Crippen LogP contribution in [0.3, 0.4) is 0 Å². The van der Waals surface area contributed by atoms with Gasteiger partial charge >= 0.3 is 5.91 Å². The van der Waals surface area contributed by atoms with Crippen LogP contribution in [0.4, 0.5) is 0 Å². The number of carbonyl (C=O) groups excluding carboxylic acids is 1. The first kappa shape index (κ1) is 13.4. The number of amides is 1. The quantitative estimate of drug-likeness (QED) is 0.576. The molecule has 100 valence electrons. The first-order valence-corrected chi connectivity index (χ1v) is 6.31. The Labute approximate surface area is 116 Å². The molecule has 0 spiro atoms. The maximum Gasteiger partial charge on any atom is 0.305 e. The van der Waals surface area contributed by atoms with Gasteiger partial charge in [-0.05, 0) is 43.3 Å². The summed E-state index contributed by atoms with van der Waals surface area (Å²) in [6.45, 7) is 3.93. The van der Waals surface area contributed by atoms with Gasteiger partial charge in [0.1, 0.15) is 5.58 Å². The molecule has 1 aromatic carbocycles. The first-order chi connectivity index (χ1) is 9.02. The van der Waals surface area contributed by atoms with E-state index in [4.69, 9.17) is 10.2 Å². The monoisotopic (exact) mass is 277 g/mol. The Hall–Kier alpha value is -2.08. The van der Waals surface area contributed by atoms with Crippen LogP contribution in [0.1, 0.15) is 28.6 Å². The van der Waals surface area contributed by atoms with Gasteiger partial charge in [-0.25, -0.2) is 0 Å². The number of nitrogens with one attached hydrogen (secondary N) is 2. The van der Waals surface area contributed by atoms with E-state index in [0.29, 0.717) is 5.58 Å². The largest absolute Gasteiger partial charge is 0.451 e. The fourth-order valence-corrected chi connectivity index (χ4v) is 1.93. The zero-order chi connectivity index (χ0) is 14.0. The summed E-state index contributed by atoms with van der Waals surface area (Å²) < 4.78 is 5.56. The Bertz CT molecular complexity index is 649. The van der Waals surface area contributed by atoms with Crippen LogP contribution < -0.4 is 16.6 Å². The number of aryl methyl sites for hydroxylation is 2. The van der Waals surface area contributed by atoms with E-state index in [9.17, 15) is 4.79 Å². The number of hydrogen-bond donors (Lipinski definition) is 3. The van der Waals surface area contributed by atoms with Crippen molar-refractivity contribution in [2.75, 3.05) is 0 Å². The third kappa shape index (κ3) is 2.68. The SMILES string of the molecule is CCc1ccc2oc(C(=O)NNC(N)=S)c(C)c2c1. The second kappa shape index (κ2) is 5.27. The lowest BCUT2D eigenvalue weighted by Gasteiger charge is -2.04. The van der Waals surface area contributed by atoms with Gasteiger partial charge < -0.3 is 10.2 Å². The zero-order valence-electron chi connectivity index (χ0n) is 10.7. The van der Waals surface area contributed by atoms with Crippen LogP contribution in [-0.2, 0) is 6.42 Å². The van der Waals surface area contributed by atoms with Crippen molar-refractivity contribution in [1.29, 1.82) is 0 Å². The number of hydrazine groups is 1. The second-order valence-electron chi connectivity index (χ2n) is 4.18. The molecule has 6 heteroatoms. The minimum Gasteiger partial charge on any atom is -0.451 e. The smallest absolute Gasteiger partial charge is 0.305 e. The summed E-state index contributed by atoms with van der Waals surface area (Å²) in [5, 5.41) is 0.940. The average Bonchev–Trinajstić information content (AvgIpc) is 2.73. The molecular formula is C13H15N3O2S. The van der Waals surface area contributed by atoms with Gasteiger partial charge in [0, 0.05) is 10.9 Å². The van der Waals surface area contributed by atoms with Crippen LogP contribution in [-0.4, -0.2) is 11.0 Å². The molecule has 5 nitrogen and oxygen atoms in total. The van der Waals surface area contributed by atoms with E-state index in [2.05, 4.69) is 30.0 Å². The van der Waals surface area contributed by atoms with E-state index in [1.807, 2.05) is 25.1 Å². The van der Waals surface area contributed by atoms with Crippen molar-refractivity contribution < 1.29 is 9.21 Å². The van der Waals surface area contributed by atoms with Crippen molar-refractivity contribution in [1.82, 2.24) is 10.9 Å². The summed E-state index contributed by atoms with van der Waals surface area (Å²) in [6.07, 6.45) is 0.936. The molecule has 0 atom stereocenters. The Morgan fingerprint density at radius 3 is 2.79 bits per heavy atom.